The molecule has 2 aromatic rings. The average Bonchev–Trinajstić information content (AvgIpc) is 2.68. The Morgan fingerprint density at radius 2 is 1.87 bits per heavy atom. The number of nitrogens with zero attached hydrogens (tertiary/aromatic N) is 1. The van der Waals surface area contributed by atoms with Crippen molar-refractivity contribution in [3.8, 4) is 0 Å². The second-order valence-electron chi connectivity index (χ2n) is 7.95. The number of aryl methyl sites for hydroxylation is 1. The molecule has 6 nitrogen and oxygen atoms in total. The predicted molar refractivity (Wildman–Crippen MR) is 117 cm³/mol. The molecule has 2 aromatic carbocycles. The van der Waals surface area contributed by atoms with Crippen molar-refractivity contribution in [1.82, 2.24) is 10.6 Å². The molecule has 1 unspecified atom stereocenters. The Bertz CT molecular complexity index is 993. The molecule has 0 saturated carbocycles. The lowest BCUT2D eigenvalue weighted by Gasteiger charge is -2.35. The molecule has 1 saturated heterocycles. The molecule has 8 heteroatoms. The Kier molecular flexibility index (Phi) is 6.97. The summed E-state index contributed by atoms with van der Waals surface area (Å²) in [4.78, 5) is 14.3. The molecule has 3 rings (SSSR count). The number of benzene rings is 2. The van der Waals surface area contributed by atoms with Gasteiger partial charge in [-0.05, 0) is 48.6 Å². The van der Waals surface area contributed by atoms with Crippen molar-refractivity contribution < 1.29 is 17.6 Å². The highest BCUT2D eigenvalue weighted by atomic mass is 32.2. The number of carbonyl (C=O) groups excluding carboxylic acids is 1. The molecule has 2 N–H and O–H groups in total. The van der Waals surface area contributed by atoms with E-state index in [1.54, 1.807) is 18.2 Å². The number of anilines is 1. The number of rotatable bonds is 6. The van der Waals surface area contributed by atoms with E-state index in [9.17, 15) is 17.6 Å². The Balaban J connectivity index is 1.50. The lowest BCUT2D eigenvalue weighted by atomic mass is 10.0. The summed E-state index contributed by atoms with van der Waals surface area (Å²) in [6, 6.07) is 11.9. The van der Waals surface area contributed by atoms with Gasteiger partial charge in [-0.1, -0.05) is 30.3 Å². The van der Waals surface area contributed by atoms with Crippen molar-refractivity contribution in [3.05, 3.63) is 65.0 Å². The van der Waals surface area contributed by atoms with E-state index in [1.165, 1.54) is 12.3 Å². The molecular weight excluding hydrogens is 405 g/mol. The normalized spacial score (nSPS) is 16.9. The fourth-order valence-corrected chi connectivity index (χ4v) is 4.45. The number of piperidine rings is 1. The van der Waals surface area contributed by atoms with E-state index in [4.69, 9.17) is 0 Å². The number of carbonyl (C=O) groups is 1. The molecule has 1 fully saturated rings. The number of urea groups is 1. The highest BCUT2D eigenvalue weighted by Gasteiger charge is 2.23. The van der Waals surface area contributed by atoms with Crippen LogP contribution in [-0.2, 0) is 22.1 Å². The van der Waals surface area contributed by atoms with Gasteiger partial charge in [-0.2, -0.15) is 0 Å². The molecule has 1 aliphatic rings. The zero-order valence-corrected chi connectivity index (χ0v) is 18.1. The van der Waals surface area contributed by atoms with Crippen molar-refractivity contribution in [3.63, 3.8) is 0 Å². The minimum atomic E-state index is -3.07. The van der Waals surface area contributed by atoms with Crippen molar-refractivity contribution in [1.29, 1.82) is 0 Å². The Labute approximate surface area is 177 Å². The standard InChI is InChI=1S/C22H28FN3O3S/c1-16-5-10-20(23)21(12-16)26-11-3-4-19(14-26)25-22(27)24-13-17-6-8-18(9-7-17)15-30(2,28)29/h5-10,12,19H,3-4,11,13-15H2,1-2H3,(H2,24,25,27). The van der Waals surface area contributed by atoms with E-state index in [0.717, 1.165) is 36.1 Å². The molecule has 162 valence electrons. The van der Waals surface area contributed by atoms with Crippen LogP contribution in [0.25, 0.3) is 0 Å². The van der Waals surface area contributed by atoms with Crippen LogP contribution in [0.5, 0.6) is 0 Å². The van der Waals surface area contributed by atoms with Gasteiger partial charge < -0.3 is 15.5 Å². The van der Waals surface area contributed by atoms with Crippen LogP contribution in [0, 0.1) is 12.7 Å². The van der Waals surface area contributed by atoms with Gasteiger partial charge in [0.25, 0.3) is 0 Å². The maximum Gasteiger partial charge on any atom is 0.315 e. The van der Waals surface area contributed by atoms with Crippen molar-refractivity contribution in [2.45, 2.75) is 38.1 Å². The summed E-state index contributed by atoms with van der Waals surface area (Å²) < 4.78 is 36.9. The second kappa shape index (κ2) is 9.47. The lowest BCUT2D eigenvalue weighted by Crippen LogP contribution is -2.50. The molecule has 2 amide bonds. The lowest BCUT2D eigenvalue weighted by molar-refractivity contribution is 0.234. The van der Waals surface area contributed by atoms with E-state index < -0.39 is 9.84 Å². The number of hydrogen-bond acceptors (Lipinski definition) is 4. The van der Waals surface area contributed by atoms with Crippen molar-refractivity contribution >= 4 is 21.6 Å². The SMILES string of the molecule is Cc1ccc(F)c(N2CCCC(NC(=O)NCc3ccc(CS(C)(=O)=O)cc3)C2)c1. The van der Waals surface area contributed by atoms with Crippen LogP contribution >= 0.6 is 0 Å². The van der Waals surface area contributed by atoms with Crippen LogP contribution in [0.2, 0.25) is 0 Å². The molecule has 30 heavy (non-hydrogen) atoms. The van der Waals surface area contributed by atoms with Crippen LogP contribution in [0.15, 0.2) is 42.5 Å². The summed E-state index contributed by atoms with van der Waals surface area (Å²) >= 11 is 0. The average molecular weight is 434 g/mol. The van der Waals surface area contributed by atoms with Gasteiger partial charge in [0.2, 0.25) is 0 Å². The third kappa shape index (κ3) is 6.45. The number of sulfone groups is 1. The van der Waals surface area contributed by atoms with Gasteiger partial charge in [0, 0.05) is 31.9 Å². The summed E-state index contributed by atoms with van der Waals surface area (Å²) in [7, 11) is -3.07. The summed E-state index contributed by atoms with van der Waals surface area (Å²) in [6.07, 6.45) is 2.92. The first-order chi connectivity index (χ1) is 14.2. The van der Waals surface area contributed by atoms with Crippen LogP contribution in [0.3, 0.4) is 0 Å². The fraction of sp³-hybridized carbons (Fsp3) is 0.409. The number of nitrogens with one attached hydrogen (secondary N) is 2. The zero-order chi connectivity index (χ0) is 21.7. The van der Waals surface area contributed by atoms with Crippen LogP contribution in [0.4, 0.5) is 14.9 Å². The van der Waals surface area contributed by atoms with Gasteiger partial charge in [-0.15, -0.1) is 0 Å². The van der Waals surface area contributed by atoms with Crippen molar-refractivity contribution in [2.24, 2.45) is 0 Å². The molecule has 0 aromatic heterocycles. The van der Waals surface area contributed by atoms with Gasteiger partial charge in [0.15, 0.2) is 9.84 Å². The first-order valence-electron chi connectivity index (χ1n) is 10.0. The molecular formula is C22H28FN3O3S. The van der Waals surface area contributed by atoms with Gasteiger partial charge in [-0.3, -0.25) is 0 Å². The van der Waals surface area contributed by atoms with E-state index in [-0.39, 0.29) is 23.6 Å². The Morgan fingerprint density at radius 1 is 1.17 bits per heavy atom. The monoisotopic (exact) mass is 433 g/mol. The van der Waals surface area contributed by atoms with Crippen molar-refractivity contribution in [2.75, 3.05) is 24.2 Å². The highest BCUT2D eigenvalue weighted by Crippen LogP contribution is 2.24. The minimum Gasteiger partial charge on any atom is -0.367 e. The number of halogens is 1. The third-order valence-electron chi connectivity index (χ3n) is 5.10. The van der Waals surface area contributed by atoms with Gasteiger partial charge in [0.1, 0.15) is 5.82 Å². The van der Waals surface area contributed by atoms with Crippen LogP contribution in [-0.4, -0.2) is 39.8 Å². The van der Waals surface area contributed by atoms with Crippen LogP contribution in [0.1, 0.15) is 29.5 Å². The first kappa shape index (κ1) is 22.1. The third-order valence-corrected chi connectivity index (χ3v) is 5.96. The summed E-state index contributed by atoms with van der Waals surface area (Å²) in [5.41, 5.74) is 3.18. The van der Waals surface area contributed by atoms with E-state index in [0.29, 0.717) is 18.8 Å². The topological polar surface area (TPSA) is 78.5 Å². The fourth-order valence-electron chi connectivity index (χ4n) is 3.65. The molecule has 1 atom stereocenters. The highest BCUT2D eigenvalue weighted by molar-refractivity contribution is 7.89. The second-order valence-corrected chi connectivity index (χ2v) is 10.1. The van der Waals surface area contributed by atoms with Crippen LogP contribution < -0.4 is 15.5 Å². The summed E-state index contributed by atoms with van der Waals surface area (Å²) in [5.74, 6) is -0.244. The largest absolute Gasteiger partial charge is 0.367 e. The van der Waals surface area contributed by atoms with Gasteiger partial charge in [0.05, 0.1) is 11.4 Å². The summed E-state index contributed by atoms with van der Waals surface area (Å²) in [6.45, 7) is 3.60. The predicted octanol–water partition coefficient (Wildman–Crippen LogP) is 3.15. The quantitative estimate of drug-likeness (QED) is 0.734. The zero-order valence-electron chi connectivity index (χ0n) is 17.3. The number of amides is 2. The smallest absolute Gasteiger partial charge is 0.315 e. The Hall–Kier alpha value is -2.61. The Morgan fingerprint density at radius 3 is 2.57 bits per heavy atom. The van der Waals surface area contributed by atoms with Gasteiger partial charge >= 0.3 is 6.03 Å². The van der Waals surface area contributed by atoms with E-state index in [1.807, 2.05) is 30.0 Å². The number of hydrogen-bond donors (Lipinski definition) is 2. The maximum absolute atomic E-state index is 14.2. The summed E-state index contributed by atoms with van der Waals surface area (Å²) in [5, 5.41) is 5.80. The molecule has 0 spiro atoms. The molecule has 0 aliphatic carbocycles. The molecule has 0 radical (unpaired) electrons. The first-order valence-corrected chi connectivity index (χ1v) is 12.1. The molecule has 1 aliphatic heterocycles. The molecule has 1 heterocycles. The van der Waals surface area contributed by atoms with E-state index >= 15 is 0 Å². The van der Waals surface area contributed by atoms with Gasteiger partial charge in [-0.25, -0.2) is 17.6 Å². The molecule has 0 bridgehead atoms. The maximum atomic E-state index is 14.2. The minimum absolute atomic E-state index is 0.000901. The van der Waals surface area contributed by atoms with E-state index in [2.05, 4.69) is 10.6 Å².